The van der Waals surface area contributed by atoms with E-state index in [0.717, 1.165) is 12.8 Å². The first-order valence-electron chi connectivity index (χ1n) is 10.7. The minimum Gasteiger partial charge on any atom is -0.374 e. The molecule has 0 heterocycles. The van der Waals surface area contributed by atoms with Crippen molar-refractivity contribution in [2.45, 2.75) is 130 Å². The average Bonchev–Trinajstić information content (AvgIpc) is 2.58. The molecule has 0 aliphatic heterocycles. The van der Waals surface area contributed by atoms with Crippen LogP contribution in [0, 0.1) is 0 Å². The lowest BCUT2D eigenvalue weighted by molar-refractivity contribution is -0.158. The van der Waals surface area contributed by atoms with E-state index in [4.69, 9.17) is 0 Å². The molecule has 0 aromatic heterocycles. The lowest BCUT2D eigenvalue weighted by atomic mass is 10.0. The highest BCUT2D eigenvalue weighted by Crippen LogP contribution is 2.14. The van der Waals surface area contributed by atoms with Gasteiger partial charge >= 0.3 is 0 Å². The predicted molar refractivity (Wildman–Crippen MR) is 105 cm³/mol. The Morgan fingerprint density at radius 3 is 1.52 bits per heavy atom. The van der Waals surface area contributed by atoms with Crippen molar-refractivity contribution in [3.8, 4) is 0 Å². The van der Waals surface area contributed by atoms with Crippen molar-refractivity contribution in [1.82, 2.24) is 4.90 Å². The van der Waals surface area contributed by atoms with Crippen LogP contribution in [-0.4, -0.2) is 33.5 Å². The van der Waals surface area contributed by atoms with E-state index in [0.29, 0.717) is 12.8 Å². The monoisotopic (exact) mass is 357 g/mol. The van der Waals surface area contributed by atoms with E-state index < -0.39 is 12.5 Å². The third kappa shape index (κ3) is 13.3. The standard InChI is InChI=1S/C21H43NO3/c1-4-6-7-8-9-10-11-12-13-14-15-16-17-18-21(25)22(19(3)23)20(24)5-2/h19-20,23-24H,4-18H2,1-3H3. The van der Waals surface area contributed by atoms with Crippen LogP contribution in [0.25, 0.3) is 0 Å². The van der Waals surface area contributed by atoms with E-state index >= 15 is 0 Å². The van der Waals surface area contributed by atoms with Gasteiger partial charge in [-0.15, -0.1) is 0 Å². The van der Waals surface area contributed by atoms with Gasteiger partial charge in [0.25, 0.3) is 0 Å². The molecule has 2 atom stereocenters. The number of hydrogen-bond donors (Lipinski definition) is 2. The Morgan fingerprint density at radius 1 is 0.760 bits per heavy atom. The molecule has 0 saturated carbocycles. The fourth-order valence-corrected chi connectivity index (χ4v) is 3.24. The Bertz CT molecular complexity index is 308. The van der Waals surface area contributed by atoms with Gasteiger partial charge in [0, 0.05) is 6.42 Å². The molecule has 25 heavy (non-hydrogen) atoms. The first-order valence-corrected chi connectivity index (χ1v) is 10.7. The van der Waals surface area contributed by atoms with Crippen molar-refractivity contribution < 1.29 is 15.0 Å². The third-order valence-corrected chi connectivity index (χ3v) is 4.87. The number of hydrogen-bond acceptors (Lipinski definition) is 3. The lowest BCUT2D eigenvalue weighted by Gasteiger charge is -2.30. The van der Waals surface area contributed by atoms with Gasteiger partial charge in [-0.1, -0.05) is 90.9 Å². The number of carbonyl (C=O) groups is 1. The summed E-state index contributed by atoms with van der Waals surface area (Å²) in [7, 11) is 0. The molecule has 0 aliphatic rings. The van der Waals surface area contributed by atoms with Crippen LogP contribution in [0.15, 0.2) is 0 Å². The van der Waals surface area contributed by atoms with Gasteiger partial charge in [0.05, 0.1) is 0 Å². The summed E-state index contributed by atoms with van der Waals surface area (Å²) in [6.45, 7) is 5.59. The number of nitrogens with zero attached hydrogens (tertiary/aromatic N) is 1. The Morgan fingerprint density at radius 2 is 1.16 bits per heavy atom. The van der Waals surface area contributed by atoms with Gasteiger partial charge in [0.2, 0.25) is 5.91 Å². The fourth-order valence-electron chi connectivity index (χ4n) is 3.24. The molecule has 2 unspecified atom stereocenters. The van der Waals surface area contributed by atoms with E-state index in [1.807, 2.05) is 0 Å². The van der Waals surface area contributed by atoms with Crippen molar-refractivity contribution in [1.29, 1.82) is 0 Å². The Balaban J connectivity index is 3.49. The van der Waals surface area contributed by atoms with E-state index in [1.54, 1.807) is 6.92 Å². The number of rotatable bonds is 17. The summed E-state index contributed by atoms with van der Waals surface area (Å²) in [5.74, 6) is -0.146. The van der Waals surface area contributed by atoms with Gasteiger partial charge in [-0.3, -0.25) is 9.69 Å². The summed E-state index contributed by atoms with van der Waals surface area (Å²) in [5, 5.41) is 19.4. The number of amides is 1. The van der Waals surface area contributed by atoms with Crippen LogP contribution >= 0.6 is 0 Å². The first-order chi connectivity index (χ1) is 12.0. The third-order valence-electron chi connectivity index (χ3n) is 4.87. The van der Waals surface area contributed by atoms with Crippen LogP contribution in [0.3, 0.4) is 0 Å². The molecule has 4 nitrogen and oxygen atoms in total. The summed E-state index contributed by atoms with van der Waals surface area (Å²) in [6, 6.07) is 0. The highest BCUT2D eigenvalue weighted by Gasteiger charge is 2.23. The molecule has 0 aromatic carbocycles. The SMILES string of the molecule is CCCCCCCCCCCCCCCC(=O)N(C(C)O)C(O)CC. The molecule has 0 aliphatic carbocycles. The molecule has 150 valence electrons. The minimum absolute atomic E-state index is 0.146. The number of aliphatic hydroxyl groups excluding tert-OH is 2. The Kier molecular flexibility index (Phi) is 16.4. The largest absolute Gasteiger partial charge is 0.374 e. The van der Waals surface area contributed by atoms with Gasteiger partial charge in [-0.05, 0) is 19.8 Å². The van der Waals surface area contributed by atoms with Gasteiger partial charge in [0.15, 0.2) is 0 Å². The van der Waals surface area contributed by atoms with Crippen molar-refractivity contribution in [2.24, 2.45) is 0 Å². The lowest BCUT2D eigenvalue weighted by Crippen LogP contribution is -2.45. The molecule has 0 fully saturated rings. The second kappa shape index (κ2) is 16.8. The van der Waals surface area contributed by atoms with Gasteiger partial charge in [-0.2, -0.15) is 0 Å². The molecule has 2 N–H and O–H groups in total. The maximum atomic E-state index is 12.1. The molecule has 0 radical (unpaired) electrons. The Labute approximate surface area is 156 Å². The van der Waals surface area contributed by atoms with Crippen LogP contribution in [0.5, 0.6) is 0 Å². The molecule has 0 saturated heterocycles. The quantitative estimate of drug-likeness (QED) is 0.272. The molecule has 0 bridgehead atoms. The van der Waals surface area contributed by atoms with Crippen LogP contribution in [-0.2, 0) is 4.79 Å². The van der Waals surface area contributed by atoms with Gasteiger partial charge < -0.3 is 10.2 Å². The molecule has 0 aromatic rings. The maximum Gasteiger partial charge on any atom is 0.226 e. The molecular formula is C21H43NO3. The second-order valence-electron chi connectivity index (χ2n) is 7.31. The first kappa shape index (κ1) is 24.4. The zero-order valence-corrected chi connectivity index (χ0v) is 17.0. The van der Waals surface area contributed by atoms with Crippen molar-refractivity contribution >= 4 is 5.91 Å². The fraction of sp³-hybridized carbons (Fsp3) is 0.952. The highest BCUT2D eigenvalue weighted by atomic mass is 16.3. The molecular weight excluding hydrogens is 314 g/mol. The number of aliphatic hydroxyl groups is 2. The van der Waals surface area contributed by atoms with E-state index in [1.165, 1.54) is 82.5 Å². The summed E-state index contributed by atoms with van der Waals surface area (Å²) in [6.07, 6.45) is 15.7. The van der Waals surface area contributed by atoms with Crippen LogP contribution in [0.4, 0.5) is 0 Å². The second-order valence-corrected chi connectivity index (χ2v) is 7.31. The summed E-state index contributed by atoms with van der Waals surface area (Å²) in [4.78, 5) is 13.3. The van der Waals surface area contributed by atoms with Gasteiger partial charge in [0.1, 0.15) is 12.5 Å². The van der Waals surface area contributed by atoms with E-state index in [-0.39, 0.29) is 5.91 Å². The predicted octanol–water partition coefficient (Wildman–Crippen LogP) is 5.36. The van der Waals surface area contributed by atoms with Crippen molar-refractivity contribution in [3.05, 3.63) is 0 Å². The van der Waals surface area contributed by atoms with Crippen molar-refractivity contribution in [2.75, 3.05) is 0 Å². The minimum atomic E-state index is -0.926. The number of carbonyl (C=O) groups excluding carboxylic acids is 1. The molecule has 0 rings (SSSR count). The van der Waals surface area contributed by atoms with Gasteiger partial charge in [-0.25, -0.2) is 0 Å². The molecule has 0 spiro atoms. The van der Waals surface area contributed by atoms with Crippen LogP contribution in [0.2, 0.25) is 0 Å². The highest BCUT2D eigenvalue weighted by molar-refractivity contribution is 5.76. The topological polar surface area (TPSA) is 60.8 Å². The van der Waals surface area contributed by atoms with E-state index in [2.05, 4.69) is 6.92 Å². The normalized spacial score (nSPS) is 13.6. The maximum absolute atomic E-state index is 12.1. The zero-order chi connectivity index (χ0) is 18.9. The summed E-state index contributed by atoms with van der Waals surface area (Å²) < 4.78 is 0. The Hall–Kier alpha value is -0.610. The molecule has 1 amide bonds. The molecule has 4 heteroatoms. The smallest absolute Gasteiger partial charge is 0.226 e. The average molecular weight is 358 g/mol. The van der Waals surface area contributed by atoms with Crippen LogP contribution < -0.4 is 0 Å². The van der Waals surface area contributed by atoms with Crippen molar-refractivity contribution in [3.63, 3.8) is 0 Å². The van der Waals surface area contributed by atoms with E-state index in [9.17, 15) is 15.0 Å². The summed E-state index contributed by atoms with van der Waals surface area (Å²) >= 11 is 0. The number of unbranched alkanes of at least 4 members (excludes halogenated alkanes) is 12. The summed E-state index contributed by atoms with van der Waals surface area (Å²) in [5.41, 5.74) is 0. The zero-order valence-electron chi connectivity index (χ0n) is 17.0. The van der Waals surface area contributed by atoms with Crippen LogP contribution in [0.1, 0.15) is 117 Å².